The molecule has 0 saturated carbocycles. The second kappa shape index (κ2) is 8.11. The number of carbonyl (C=O) groups is 1. The molecule has 1 fully saturated rings. The Morgan fingerprint density at radius 2 is 1.97 bits per heavy atom. The normalized spacial score (nSPS) is 14.7. The maximum atomic E-state index is 12.6. The second-order valence-corrected chi connectivity index (χ2v) is 7.40. The summed E-state index contributed by atoms with van der Waals surface area (Å²) in [6.45, 7) is 4.37. The number of nitrogens with two attached hydrogens (primary N) is 2. The predicted molar refractivity (Wildman–Crippen MR) is 117 cm³/mol. The Kier molecular flexibility index (Phi) is 5.37. The van der Waals surface area contributed by atoms with Crippen molar-refractivity contribution in [2.45, 2.75) is 32.2 Å². The van der Waals surface area contributed by atoms with E-state index in [1.165, 1.54) is 11.8 Å². The molecule has 3 aromatic rings. The molecule has 156 valence electrons. The van der Waals surface area contributed by atoms with Crippen LogP contribution in [0.15, 0.2) is 35.3 Å². The fourth-order valence-electron chi connectivity index (χ4n) is 3.98. The van der Waals surface area contributed by atoms with E-state index in [1.807, 2.05) is 19.1 Å². The van der Waals surface area contributed by atoms with Crippen LogP contribution in [0.4, 0.5) is 17.5 Å². The van der Waals surface area contributed by atoms with Gasteiger partial charge >= 0.3 is 0 Å². The number of aromatic nitrogens is 3. The lowest BCUT2D eigenvalue weighted by Gasteiger charge is -2.23. The number of nitrogens with one attached hydrogen (secondary N) is 2. The third-order valence-electron chi connectivity index (χ3n) is 5.58. The molecule has 3 heterocycles. The van der Waals surface area contributed by atoms with Crippen molar-refractivity contribution in [2.75, 3.05) is 24.1 Å². The summed E-state index contributed by atoms with van der Waals surface area (Å²) in [7, 11) is 0. The van der Waals surface area contributed by atoms with Gasteiger partial charge in [0.2, 0.25) is 11.4 Å². The van der Waals surface area contributed by atoms with Crippen LogP contribution in [0.25, 0.3) is 11.0 Å². The molecule has 9 heteroatoms. The summed E-state index contributed by atoms with van der Waals surface area (Å²) in [6.07, 6.45) is 3.68. The Morgan fingerprint density at radius 1 is 1.27 bits per heavy atom. The van der Waals surface area contributed by atoms with Gasteiger partial charge in [0.1, 0.15) is 11.4 Å². The Morgan fingerprint density at radius 3 is 2.60 bits per heavy atom. The lowest BCUT2D eigenvalue weighted by atomic mass is 9.90. The first kappa shape index (κ1) is 19.8. The predicted octanol–water partition coefficient (Wildman–Crippen LogP) is 1.70. The molecule has 1 aliphatic heterocycles. The van der Waals surface area contributed by atoms with Crippen molar-refractivity contribution in [3.63, 3.8) is 0 Å². The molecule has 0 radical (unpaired) electrons. The zero-order valence-electron chi connectivity index (χ0n) is 16.8. The van der Waals surface area contributed by atoms with E-state index in [-0.39, 0.29) is 16.8 Å². The van der Waals surface area contributed by atoms with Crippen LogP contribution in [0.1, 0.15) is 41.6 Å². The Labute approximate surface area is 173 Å². The summed E-state index contributed by atoms with van der Waals surface area (Å²) in [5, 5.41) is 6.75. The van der Waals surface area contributed by atoms with E-state index in [0.717, 1.165) is 31.6 Å². The second-order valence-electron chi connectivity index (χ2n) is 7.40. The third kappa shape index (κ3) is 3.59. The van der Waals surface area contributed by atoms with Crippen LogP contribution in [0.5, 0.6) is 0 Å². The highest BCUT2D eigenvalue weighted by atomic mass is 16.2. The number of hydrogen-bond acceptors (Lipinski definition) is 7. The Balaban J connectivity index is 1.66. The molecular weight excluding hydrogens is 382 g/mol. The summed E-state index contributed by atoms with van der Waals surface area (Å²) in [5.74, 6) is 0.0692. The molecule has 1 amide bonds. The quantitative estimate of drug-likeness (QED) is 0.504. The van der Waals surface area contributed by atoms with Gasteiger partial charge in [-0.2, -0.15) is 4.98 Å². The smallest absolute Gasteiger partial charge is 0.256 e. The number of nitrogens with zero attached hydrogens (tertiary/aromatic N) is 3. The summed E-state index contributed by atoms with van der Waals surface area (Å²) in [4.78, 5) is 33.0. The monoisotopic (exact) mass is 407 g/mol. The van der Waals surface area contributed by atoms with Crippen molar-refractivity contribution in [2.24, 2.45) is 5.73 Å². The van der Waals surface area contributed by atoms with Gasteiger partial charge in [0.25, 0.3) is 5.91 Å². The largest absolute Gasteiger partial charge is 0.384 e. The number of hydrogen-bond donors (Lipinski definition) is 4. The first-order valence-electron chi connectivity index (χ1n) is 10.1. The fraction of sp³-hybridized carbons (Fsp3) is 0.333. The number of piperidine rings is 1. The SMILES string of the molecule is CCn1c(N)c(C(N)=O)c(=O)c2cnc(Nc3ccc(C4CCNCC4)cc3)nc21. The topological polar surface area (TPSA) is 141 Å². The van der Waals surface area contributed by atoms with Crippen LogP contribution < -0.4 is 27.5 Å². The molecule has 1 saturated heterocycles. The van der Waals surface area contributed by atoms with Crippen LogP contribution in [0.3, 0.4) is 0 Å². The minimum absolute atomic E-state index is 0.0125. The highest BCUT2D eigenvalue weighted by Crippen LogP contribution is 2.27. The Bertz CT molecular complexity index is 1150. The fourth-order valence-corrected chi connectivity index (χ4v) is 3.98. The zero-order valence-corrected chi connectivity index (χ0v) is 16.8. The van der Waals surface area contributed by atoms with Gasteiger partial charge in [-0.05, 0) is 56.5 Å². The minimum Gasteiger partial charge on any atom is -0.384 e. The van der Waals surface area contributed by atoms with Gasteiger partial charge in [0, 0.05) is 18.4 Å². The maximum Gasteiger partial charge on any atom is 0.256 e. The number of pyridine rings is 1. The van der Waals surface area contributed by atoms with Gasteiger partial charge in [-0.25, -0.2) is 4.98 Å². The summed E-state index contributed by atoms with van der Waals surface area (Å²) < 4.78 is 1.59. The van der Waals surface area contributed by atoms with E-state index in [2.05, 4.69) is 32.7 Å². The van der Waals surface area contributed by atoms with Gasteiger partial charge in [-0.15, -0.1) is 0 Å². The number of amides is 1. The first-order valence-corrected chi connectivity index (χ1v) is 10.1. The number of aryl methyl sites for hydroxylation is 1. The van der Waals surface area contributed by atoms with Crippen molar-refractivity contribution in [1.82, 2.24) is 19.9 Å². The van der Waals surface area contributed by atoms with Crippen LogP contribution in [0, 0.1) is 0 Å². The molecule has 9 nitrogen and oxygen atoms in total. The molecule has 0 bridgehead atoms. The van der Waals surface area contributed by atoms with E-state index in [9.17, 15) is 9.59 Å². The molecule has 2 aromatic heterocycles. The summed E-state index contributed by atoms with van der Waals surface area (Å²) >= 11 is 0. The van der Waals surface area contributed by atoms with Crippen molar-refractivity contribution >= 4 is 34.4 Å². The van der Waals surface area contributed by atoms with Crippen LogP contribution in [0.2, 0.25) is 0 Å². The molecule has 0 unspecified atom stereocenters. The number of fused-ring (bicyclic) bond motifs is 1. The van der Waals surface area contributed by atoms with Crippen LogP contribution in [-0.4, -0.2) is 33.5 Å². The Hall–Kier alpha value is -3.46. The van der Waals surface area contributed by atoms with Crippen molar-refractivity contribution in [1.29, 1.82) is 0 Å². The van der Waals surface area contributed by atoms with Gasteiger partial charge in [0.05, 0.1) is 5.39 Å². The van der Waals surface area contributed by atoms with E-state index in [1.54, 1.807) is 4.57 Å². The molecule has 0 spiro atoms. The highest BCUT2D eigenvalue weighted by molar-refractivity contribution is 6.00. The lowest BCUT2D eigenvalue weighted by Crippen LogP contribution is -2.28. The van der Waals surface area contributed by atoms with E-state index in [4.69, 9.17) is 11.5 Å². The van der Waals surface area contributed by atoms with E-state index < -0.39 is 11.3 Å². The van der Waals surface area contributed by atoms with Gasteiger partial charge in [-0.1, -0.05) is 12.1 Å². The van der Waals surface area contributed by atoms with Gasteiger partial charge < -0.3 is 26.7 Å². The van der Waals surface area contributed by atoms with E-state index >= 15 is 0 Å². The lowest BCUT2D eigenvalue weighted by molar-refractivity contribution is 0.1000. The number of benzene rings is 1. The van der Waals surface area contributed by atoms with Crippen LogP contribution >= 0.6 is 0 Å². The highest BCUT2D eigenvalue weighted by Gasteiger charge is 2.20. The van der Waals surface area contributed by atoms with Crippen molar-refractivity contribution in [3.8, 4) is 0 Å². The molecule has 4 rings (SSSR count). The van der Waals surface area contributed by atoms with E-state index in [0.29, 0.717) is 24.1 Å². The molecule has 6 N–H and O–H groups in total. The number of carbonyl (C=O) groups excluding carboxylic acids is 1. The molecular formula is C21H25N7O2. The average Bonchev–Trinajstić information content (AvgIpc) is 2.75. The third-order valence-corrected chi connectivity index (χ3v) is 5.58. The standard InChI is InChI=1S/C21H25N7O2/c1-2-28-18(22)16(19(23)30)17(29)15-11-25-21(27-20(15)28)26-14-5-3-12(4-6-14)13-7-9-24-10-8-13/h3-6,11,13,24H,2,7-10,22H2,1H3,(H2,23,30)(H,25,26,27). The average molecular weight is 407 g/mol. The number of rotatable bonds is 5. The first-order chi connectivity index (χ1) is 14.5. The number of primary amides is 1. The molecule has 0 atom stereocenters. The number of nitrogen functional groups attached to an aromatic ring is 1. The molecule has 1 aliphatic rings. The zero-order chi connectivity index (χ0) is 21.3. The van der Waals surface area contributed by atoms with Gasteiger partial charge in [-0.3, -0.25) is 9.59 Å². The van der Waals surface area contributed by atoms with Gasteiger partial charge in [0.15, 0.2) is 5.65 Å². The van der Waals surface area contributed by atoms with Crippen molar-refractivity contribution < 1.29 is 4.79 Å². The molecule has 0 aliphatic carbocycles. The number of anilines is 3. The maximum absolute atomic E-state index is 12.6. The minimum atomic E-state index is -0.863. The summed E-state index contributed by atoms with van der Waals surface area (Å²) in [6, 6.07) is 8.25. The summed E-state index contributed by atoms with van der Waals surface area (Å²) in [5.41, 5.74) is 13.1. The molecule has 30 heavy (non-hydrogen) atoms. The van der Waals surface area contributed by atoms with Crippen LogP contribution in [-0.2, 0) is 6.54 Å². The molecule has 1 aromatic carbocycles. The van der Waals surface area contributed by atoms with Crippen molar-refractivity contribution in [3.05, 3.63) is 51.8 Å².